The first-order chi connectivity index (χ1) is 7.60. The summed E-state index contributed by atoms with van der Waals surface area (Å²) in [6, 6.07) is 2.58. The number of benzene rings is 1. The molecule has 0 aliphatic rings. The largest absolute Gasteiger partial charge is 0.465 e. The maximum Gasteiger partial charge on any atom is 0.338 e. The van der Waals surface area contributed by atoms with Crippen LogP contribution in [0.3, 0.4) is 0 Å². The van der Waals surface area contributed by atoms with Gasteiger partial charge in [0.2, 0.25) is 0 Å². The molecular weight excluding hydrogens is 209 g/mol. The van der Waals surface area contributed by atoms with Gasteiger partial charge in [0.05, 0.1) is 12.7 Å². The van der Waals surface area contributed by atoms with E-state index in [9.17, 15) is 9.18 Å². The van der Waals surface area contributed by atoms with Gasteiger partial charge in [-0.05, 0) is 31.0 Å². The van der Waals surface area contributed by atoms with Crippen LogP contribution < -0.4 is 5.32 Å². The second kappa shape index (κ2) is 5.49. The lowest BCUT2D eigenvalue weighted by Gasteiger charge is -2.12. The molecule has 0 aromatic heterocycles. The second-order valence-corrected chi connectivity index (χ2v) is 3.54. The number of carbonyl (C=O) groups is 1. The summed E-state index contributed by atoms with van der Waals surface area (Å²) < 4.78 is 17.9. The summed E-state index contributed by atoms with van der Waals surface area (Å²) >= 11 is 0. The molecule has 4 heteroatoms. The van der Waals surface area contributed by atoms with E-state index in [2.05, 4.69) is 10.1 Å². The molecule has 0 aliphatic heterocycles. The molecule has 16 heavy (non-hydrogen) atoms. The molecule has 1 aromatic rings. The first-order valence-corrected chi connectivity index (χ1v) is 5.22. The quantitative estimate of drug-likeness (QED) is 0.801. The smallest absolute Gasteiger partial charge is 0.338 e. The van der Waals surface area contributed by atoms with Crippen LogP contribution in [0.1, 0.15) is 29.3 Å². The summed E-state index contributed by atoms with van der Waals surface area (Å²) in [7, 11) is 1.28. The molecule has 88 valence electrons. The first-order valence-electron chi connectivity index (χ1n) is 5.22. The van der Waals surface area contributed by atoms with Crippen LogP contribution >= 0.6 is 0 Å². The Hall–Kier alpha value is -1.58. The lowest BCUT2D eigenvalue weighted by Crippen LogP contribution is -2.09. The molecule has 1 N–H and O–H groups in total. The van der Waals surface area contributed by atoms with E-state index >= 15 is 0 Å². The van der Waals surface area contributed by atoms with Gasteiger partial charge in [0.1, 0.15) is 5.82 Å². The number of carbonyl (C=O) groups excluding carboxylic acids is 1. The lowest BCUT2D eigenvalue weighted by atomic mass is 10.1. The van der Waals surface area contributed by atoms with Gasteiger partial charge in [-0.2, -0.15) is 0 Å². The maximum absolute atomic E-state index is 13.3. The van der Waals surface area contributed by atoms with Crippen LogP contribution in [0.4, 0.5) is 10.1 Å². The minimum atomic E-state index is -0.517. The maximum atomic E-state index is 13.3. The molecular formula is C12H16FNO2. The minimum absolute atomic E-state index is 0.265. The van der Waals surface area contributed by atoms with Crippen LogP contribution in [-0.4, -0.2) is 19.6 Å². The molecule has 0 fully saturated rings. The van der Waals surface area contributed by atoms with Crippen molar-refractivity contribution in [3.63, 3.8) is 0 Å². The number of halogens is 1. The van der Waals surface area contributed by atoms with Gasteiger partial charge in [0.15, 0.2) is 0 Å². The molecule has 0 bridgehead atoms. The van der Waals surface area contributed by atoms with Crippen LogP contribution in [0.2, 0.25) is 0 Å². The van der Waals surface area contributed by atoms with Crippen molar-refractivity contribution in [2.45, 2.75) is 20.3 Å². The van der Waals surface area contributed by atoms with Crippen LogP contribution in [0.15, 0.2) is 12.1 Å². The highest BCUT2D eigenvalue weighted by Crippen LogP contribution is 2.21. The number of hydrogen-bond donors (Lipinski definition) is 1. The molecule has 0 aliphatic carbocycles. The Morgan fingerprint density at radius 3 is 2.75 bits per heavy atom. The number of esters is 1. The monoisotopic (exact) mass is 225 g/mol. The predicted molar refractivity (Wildman–Crippen MR) is 61.3 cm³/mol. The fourth-order valence-electron chi connectivity index (χ4n) is 1.44. The Balaban J connectivity index is 3.10. The second-order valence-electron chi connectivity index (χ2n) is 3.54. The Morgan fingerprint density at radius 2 is 2.19 bits per heavy atom. The predicted octanol–water partition coefficient (Wildman–Crippen LogP) is 2.74. The Labute approximate surface area is 94.6 Å². The van der Waals surface area contributed by atoms with Crippen molar-refractivity contribution in [2.24, 2.45) is 0 Å². The van der Waals surface area contributed by atoms with Crippen LogP contribution in [0.5, 0.6) is 0 Å². The van der Waals surface area contributed by atoms with E-state index in [1.165, 1.54) is 19.2 Å². The molecule has 0 saturated heterocycles. The summed E-state index contributed by atoms with van der Waals surface area (Å²) in [4.78, 5) is 11.4. The fourth-order valence-corrected chi connectivity index (χ4v) is 1.44. The zero-order chi connectivity index (χ0) is 12.1. The standard InChI is InChI=1S/C12H16FNO2/c1-4-5-14-11-7-9(13)6-10(8(11)2)12(15)16-3/h6-7,14H,4-5H2,1-3H3. The average Bonchev–Trinajstić information content (AvgIpc) is 2.28. The van der Waals surface area contributed by atoms with Gasteiger partial charge in [-0.3, -0.25) is 0 Å². The average molecular weight is 225 g/mol. The minimum Gasteiger partial charge on any atom is -0.465 e. The van der Waals surface area contributed by atoms with Crippen molar-refractivity contribution >= 4 is 11.7 Å². The summed E-state index contributed by atoms with van der Waals surface area (Å²) in [5.74, 6) is -0.957. The summed E-state index contributed by atoms with van der Waals surface area (Å²) in [5, 5.41) is 3.08. The van der Waals surface area contributed by atoms with Crippen LogP contribution in [0.25, 0.3) is 0 Å². The zero-order valence-corrected chi connectivity index (χ0v) is 9.76. The lowest BCUT2D eigenvalue weighted by molar-refractivity contribution is 0.0599. The van der Waals surface area contributed by atoms with Gasteiger partial charge in [-0.1, -0.05) is 6.92 Å². The van der Waals surface area contributed by atoms with Gasteiger partial charge < -0.3 is 10.1 Å². The zero-order valence-electron chi connectivity index (χ0n) is 9.76. The van der Waals surface area contributed by atoms with E-state index in [0.717, 1.165) is 13.0 Å². The third-order valence-corrected chi connectivity index (χ3v) is 2.34. The highest BCUT2D eigenvalue weighted by Gasteiger charge is 2.14. The number of rotatable bonds is 4. The summed E-state index contributed by atoms with van der Waals surface area (Å²) in [6.07, 6.45) is 0.934. The third-order valence-electron chi connectivity index (χ3n) is 2.34. The van der Waals surface area contributed by atoms with Gasteiger partial charge in [0, 0.05) is 12.2 Å². The topological polar surface area (TPSA) is 38.3 Å². The third kappa shape index (κ3) is 2.72. The van der Waals surface area contributed by atoms with Crippen molar-refractivity contribution in [3.05, 3.63) is 29.1 Å². The number of hydrogen-bond acceptors (Lipinski definition) is 3. The van der Waals surface area contributed by atoms with E-state index in [0.29, 0.717) is 11.3 Å². The van der Waals surface area contributed by atoms with Crippen molar-refractivity contribution in [1.82, 2.24) is 0 Å². The van der Waals surface area contributed by atoms with E-state index in [1.54, 1.807) is 6.92 Å². The number of ether oxygens (including phenoxy) is 1. The van der Waals surface area contributed by atoms with Gasteiger partial charge >= 0.3 is 5.97 Å². The Kier molecular flexibility index (Phi) is 4.28. The van der Waals surface area contributed by atoms with Gasteiger partial charge in [0.25, 0.3) is 0 Å². The summed E-state index contributed by atoms with van der Waals surface area (Å²) in [6.45, 7) is 4.53. The molecule has 1 rings (SSSR count). The van der Waals surface area contributed by atoms with E-state index < -0.39 is 11.8 Å². The Morgan fingerprint density at radius 1 is 1.50 bits per heavy atom. The van der Waals surface area contributed by atoms with E-state index in [-0.39, 0.29) is 5.56 Å². The first kappa shape index (κ1) is 12.5. The highest BCUT2D eigenvalue weighted by molar-refractivity contribution is 5.92. The Bertz CT molecular complexity index is 391. The molecule has 0 heterocycles. The van der Waals surface area contributed by atoms with Crippen molar-refractivity contribution in [3.8, 4) is 0 Å². The number of methoxy groups -OCH3 is 1. The number of anilines is 1. The molecule has 0 saturated carbocycles. The van der Waals surface area contributed by atoms with Crippen molar-refractivity contribution < 1.29 is 13.9 Å². The fraction of sp³-hybridized carbons (Fsp3) is 0.417. The molecule has 0 amide bonds. The molecule has 0 radical (unpaired) electrons. The molecule has 0 unspecified atom stereocenters. The summed E-state index contributed by atoms with van der Waals surface area (Å²) in [5.41, 5.74) is 1.62. The van der Waals surface area contributed by atoms with Crippen molar-refractivity contribution in [1.29, 1.82) is 0 Å². The van der Waals surface area contributed by atoms with E-state index in [1.807, 2.05) is 6.92 Å². The van der Waals surface area contributed by atoms with E-state index in [4.69, 9.17) is 0 Å². The normalized spacial score (nSPS) is 10.0. The molecule has 3 nitrogen and oxygen atoms in total. The van der Waals surface area contributed by atoms with Crippen LogP contribution in [-0.2, 0) is 4.74 Å². The highest BCUT2D eigenvalue weighted by atomic mass is 19.1. The molecule has 0 spiro atoms. The SMILES string of the molecule is CCCNc1cc(F)cc(C(=O)OC)c1C. The number of nitrogens with one attached hydrogen (secondary N) is 1. The van der Waals surface area contributed by atoms with Gasteiger partial charge in [-0.15, -0.1) is 0 Å². The molecule has 0 atom stereocenters. The van der Waals surface area contributed by atoms with Crippen molar-refractivity contribution in [2.75, 3.05) is 19.0 Å². The van der Waals surface area contributed by atoms with Crippen LogP contribution in [0, 0.1) is 12.7 Å². The molecule has 1 aromatic carbocycles. The van der Waals surface area contributed by atoms with Gasteiger partial charge in [-0.25, -0.2) is 9.18 Å².